The van der Waals surface area contributed by atoms with Gasteiger partial charge in [-0.3, -0.25) is 4.79 Å². The Morgan fingerprint density at radius 1 is 1.16 bits per heavy atom. The maximum Gasteiger partial charge on any atom is 0.255 e. The first-order chi connectivity index (χ1) is 15.6. The lowest BCUT2D eigenvalue weighted by Crippen LogP contribution is -2.27. The number of tetrazole rings is 1. The van der Waals surface area contributed by atoms with Gasteiger partial charge in [-0.05, 0) is 59.7 Å². The first-order valence-electron chi connectivity index (χ1n) is 9.85. The van der Waals surface area contributed by atoms with E-state index in [0.717, 1.165) is 16.9 Å². The number of halogens is 1. The average molecular weight is 450 g/mol. The largest absolute Gasteiger partial charge is 0.497 e. The highest BCUT2D eigenvalue weighted by molar-refractivity contribution is 6.33. The topological polar surface area (TPSA) is 106 Å². The monoisotopic (exact) mass is 449 g/mol. The minimum atomic E-state index is -0.337. The third-order valence-electron chi connectivity index (χ3n) is 4.74. The van der Waals surface area contributed by atoms with E-state index in [9.17, 15) is 4.79 Å². The standard InChI is InChI=1S/C23H20ClN5O3/c1-31-16-8-6-15(7-9-16)12-13-25-23(30)19(22-26-28-29-27-22)14-17-10-11-21(32-17)18-4-2-3-5-20(18)24/h2-11,14H,12-13H2,1H3,(H,25,30)(H,26,27,28,29). The lowest BCUT2D eigenvalue weighted by atomic mass is 10.1. The van der Waals surface area contributed by atoms with Crippen LogP contribution in [0.15, 0.2) is 65.1 Å². The van der Waals surface area contributed by atoms with Gasteiger partial charge in [-0.15, -0.1) is 10.2 Å². The smallest absolute Gasteiger partial charge is 0.255 e. The fourth-order valence-corrected chi connectivity index (χ4v) is 3.32. The number of H-pyrrole nitrogens is 1. The molecule has 0 unspecified atom stereocenters. The van der Waals surface area contributed by atoms with E-state index in [4.69, 9.17) is 20.8 Å². The molecule has 2 aromatic carbocycles. The lowest BCUT2D eigenvalue weighted by molar-refractivity contribution is -0.115. The normalized spacial score (nSPS) is 11.4. The number of hydrogen-bond donors (Lipinski definition) is 2. The molecule has 2 heterocycles. The molecule has 0 aliphatic carbocycles. The van der Waals surface area contributed by atoms with Crippen molar-refractivity contribution in [1.29, 1.82) is 0 Å². The van der Waals surface area contributed by atoms with Crippen LogP contribution in [0.3, 0.4) is 0 Å². The number of aromatic nitrogens is 4. The first-order valence-corrected chi connectivity index (χ1v) is 10.2. The Kier molecular flexibility index (Phi) is 6.62. The van der Waals surface area contributed by atoms with Crippen LogP contribution in [-0.2, 0) is 11.2 Å². The summed E-state index contributed by atoms with van der Waals surface area (Å²) >= 11 is 6.25. The summed E-state index contributed by atoms with van der Waals surface area (Å²) in [4.78, 5) is 12.9. The van der Waals surface area contributed by atoms with Crippen molar-refractivity contribution in [3.63, 3.8) is 0 Å². The number of furan rings is 1. The van der Waals surface area contributed by atoms with Crippen molar-refractivity contribution < 1.29 is 13.9 Å². The molecule has 162 valence electrons. The van der Waals surface area contributed by atoms with Crippen LogP contribution in [0.1, 0.15) is 17.1 Å². The maximum atomic E-state index is 12.9. The van der Waals surface area contributed by atoms with Gasteiger partial charge in [-0.25, -0.2) is 0 Å². The molecule has 0 saturated carbocycles. The molecule has 9 heteroatoms. The summed E-state index contributed by atoms with van der Waals surface area (Å²) in [7, 11) is 1.62. The predicted molar refractivity (Wildman–Crippen MR) is 121 cm³/mol. The van der Waals surface area contributed by atoms with E-state index in [2.05, 4.69) is 25.9 Å². The highest BCUT2D eigenvalue weighted by Gasteiger charge is 2.18. The van der Waals surface area contributed by atoms with Gasteiger partial charge in [0.05, 0.1) is 17.7 Å². The van der Waals surface area contributed by atoms with Crippen LogP contribution < -0.4 is 10.1 Å². The molecule has 4 rings (SSSR count). The minimum absolute atomic E-state index is 0.169. The van der Waals surface area contributed by atoms with E-state index < -0.39 is 0 Å². The Balaban J connectivity index is 1.49. The van der Waals surface area contributed by atoms with E-state index >= 15 is 0 Å². The summed E-state index contributed by atoms with van der Waals surface area (Å²) in [6.07, 6.45) is 2.24. The molecule has 32 heavy (non-hydrogen) atoms. The quantitative estimate of drug-likeness (QED) is 0.393. The van der Waals surface area contributed by atoms with E-state index in [1.54, 1.807) is 31.4 Å². The van der Waals surface area contributed by atoms with Gasteiger partial charge in [-0.2, -0.15) is 5.21 Å². The highest BCUT2D eigenvalue weighted by Crippen LogP contribution is 2.30. The third-order valence-corrected chi connectivity index (χ3v) is 5.07. The molecule has 2 N–H and O–H groups in total. The summed E-state index contributed by atoms with van der Waals surface area (Å²) in [6.45, 7) is 0.434. The van der Waals surface area contributed by atoms with Crippen LogP contribution >= 0.6 is 11.6 Å². The van der Waals surface area contributed by atoms with Crippen molar-refractivity contribution in [3.05, 3.63) is 82.8 Å². The van der Waals surface area contributed by atoms with Crippen LogP contribution in [0.4, 0.5) is 0 Å². The number of ether oxygens (including phenoxy) is 1. The third kappa shape index (κ3) is 5.04. The summed E-state index contributed by atoms with van der Waals surface area (Å²) in [5.41, 5.74) is 2.07. The molecular weight excluding hydrogens is 430 g/mol. The minimum Gasteiger partial charge on any atom is -0.497 e. The van der Waals surface area contributed by atoms with Gasteiger partial charge in [0.15, 0.2) is 0 Å². The fraction of sp³-hybridized carbons (Fsp3) is 0.130. The predicted octanol–water partition coefficient (Wildman–Crippen LogP) is 4.02. The second kappa shape index (κ2) is 9.93. The van der Waals surface area contributed by atoms with Gasteiger partial charge < -0.3 is 14.5 Å². The van der Waals surface area contributed by atoms with Crippen LogP contribution in [0.25, 0.3) is 23.0 Å². The number of rotatable bonds is 8. The lowest BCUT2D eigenvalue weighted by Gasteiger charge is -2.07. The Morgan fingerprint density at radius 3 is 2.69 bits per heavy atom. The Hall–Kier alpha value is -3.91. The number of methoxy groups -OCH3 is 1. The van der Waals surface area contributed by atoms with Crippen LogP contribution in [-0.4, -0.2) is 40.2 Å². The molecule has 0 saturated heterocycles. The number of carbonyl (C=O) groups is 1. The summed E-state index contributed by atoms with van der Waals surface area (Å²) in [5.74, 6) is 1.67. The van der Waals surface area contributed by atoms with E-state index in [1.165, 1.54) is 0 Å². The number of aromatic amines is 1. The van der Waals surface area contributed by atoms with Crippen LogP contribution in [0, 0.1) is 0 Å². The summed E-state index contributed by atoms with van der Waals surface area (Å²) in [5, 5.41) is 17.3. The SMILES string of the molecule is COc1ccc(CCNC(=O)C(=Cc2ccc(-c3ccccc3Cl)o2)c2nn[nH]n2)cc1. The van der Waals surface area contributed by atoms with Crippen LogP contribution in [0.5, 0.6) is 5.75 Å². The molecule has 0 aliphatic heterocycles. The van der Waals surface area contributed by atoms with Gasteiger partial charge in [-0.1, -0.05) is 35.9 Å². The number of carbonyl (C=O) groups excluding carboxylic acids is 1. The van der Waals surface area contributed by atoms with Gasteiger partial charge in [0, 0.05) is 12.1 Å². The number of benzene rings is 2. The average Bonchev–Trinajstić information content (AvgIpc) is 3.50. The molecule has 0 fully saturated rings. The van der Waals surface area contributed by atoms with Gasteiger partial charge >= 0.3 is 0 Å². The molecule has 4 aromatic rings. The van der Waals surface area contributed by atoms with Crippen molar-refractivity contribution in [3.8, 4) is 17.1 Å². The van der Waals surface area contributed by atoms with Crippen molar-refractivity contribution in [2.75, 3.05) is 13.7 Å². The number of nitrogens with zero attached hydrogens (tertiary/aromatic N) is 3. The molecule has 0 bridgehead atoms. The van der Waals surface area contributed by atoms with E-state index in [-0.39, 0.29) is 17.3 Å². The van der Waals surface area contributed by atoms with Crippen molar-refractivity contribution in [1.82, 2.24) is 25.9 Å². The molecule has 2 aromatic heterocycles. The van der Waals surface area contributed by atoms with Crippen molar-refractivity contribution in [2.24, 2.45) is 0 Å². The van der Waals surface area contributed by atoms with Gasteiger partial charge in [0.25, 0.3) is 5.91 Å². The summed E-state index contributed by atoms with van der Waals surface area (Å²) in [6, 6.07) is 18.6. The van der Waals surface area contributed by atoms with Gasteiger partial charge in [0.1, 0.15) is 17.3 Å². The Bertz CT molecular complexity index is 1220. The zero-order chi connectivity index (χ0) is 22.3. The molecule has 8 nitrogen and oxygen atoms in total. The molecule has 0 spiro atoms. The number of amides is 1. The zero-order valence-corrected chi connectivity index (χ0v) is 18.0. The second-order valence-corrected chi connectivity index (χ2v) is 7.24. The molecule has 0 aliphatic rings. The van der Waals surface area contributed by atoms with Gasteiger partial charge in [0.2, 0.25) is 5.82 Å². The second-order valence-electron chi connectivity index (χ2n) is 6.83. The first kappa shape index (κ1) is 21.3. The van der Waals surface area contributed by atoms with Crippen LogP contribution in [0.2, 0.25) is 5.02 Å². The molecule has 0 atom stereocenters. The maximum absolute atomic E-state index is 12.9. The van der Waals surface area contributed by atoms with Crippen molar-refractivity contribution in [2.45, 2.75) is 6.42 Å². The summed E-state index contributed by atoms with van der Waals surface area (Å²) < 4.78 is 11.0. The Morgan fingerprint density at radius 2 is 1.97 bits per heavy atom. The highest BCUT2D eigenvalue weighted by atomic mass is 35.5. The van der Waals surface area contributed by atoms with E-state index in [1.807, 2.05) is 42.5 Å². The zero-order valence-electron chi connectivity index (χ0n) is 17.2. The fourth-order valence-electron chi connectivity index (χ4n) is 3.09. The van der Waals surface area contributed by atoms with E-state index in [0.29, 0.717) is 29.5 Å². The number of hydrogen-bond acceptors (Lipinski definition) is 6. The molecular formula is C23H20ClN5O3. The van der Waals surface area contributed by atoms with Crippen molar-refractivity contribution >= 4 is 29.2 Å². The molecule has 1 amide bonds. The Labute approximate surface area is 189 Å². The number of nitrogens with one attached hydrogen (secondary N) is 2. The molecule has 0 radical (unpaired) electrons.